The van der Waals surface area contributed by atoms with Gasteiger partial charge in [-0.15, -0.1) is 0 Å². The van der Waals surface area contributed by atoms with Gasteiger partial charge in [-0.05, 0) is 0 Å². The maximum absolute atomic E-state index is 9.57. The fourth-order valence-electron chi connectivity index (χ4n) is 1.35. The second kappa shape index (κ2) is 6.06. The largest absolute Gasteiger partial charge is 0.445 e. The van der Waals surface area contributed by atoms with Crippen LogP contribution in [0.4, 0.5) is 0 Å². The maximum Gasteiger partial charge on any atom is 0.265 e. The van der Waals surface area contributed by atoms with Crippen molar-refractivity contribution in [2.75, 3.05) is 6.61 Å². The first kappa shape index (κ1) is 16.2. The van der Waals surface area contributed by atoms with Gasteiger partial charge in [0.1, 0.15) is 24.4 Å². The Bertz CT molecular complexity index is 310. The molecule has 0 aliphatic carbocycles. The minimum atomic E-state index is -2.15. The third kappa shape index (κ3) is 3.58. The Kier molecular flexibility index (Phi) is 5.45. The van der Waals surface area contributed by atoms with Crippen LogP contribution in [0, 0.1) is 5.41 Å². The predicted molar refractivity (Wildman–Crippen MR) is 62.9 cm³/mol. The average Bonchev–Trinajstić information content (AvgIpc) is 2.28. The fraction of sp³-hybridized carbons (Fsp3) is 0.875. The van der Waals surface area contributed by atoms with E-state index in [9.17, 15) is 15.3 Å². The molecule has 10 heteroatoms. The van der Waals surface area contributed by atoms with E-state index in [4.69, 9.17) is 54.8 Å². The number of nitrogens with one attached hydrogen (secondary N) is 1. The molecular weight excluding hydrogens is 312 g/mol. The number of halogens is 3. The summed E-state index contributed by atoms with van der Waals surface area (Å²) in [4.78, 5) is 0. The first-order chi connectivity index (χ1) is 8.18. The van der Waals surface area contributed by atoms with Gasteiger partial charge >= 0.3 is 0 Å². The van der Waals surface area contributed by atoms with Crippen LogP contribution in [-0.4, -0.2) is 67.4 Å². The normalized spacial score (nSPS) is 37.4. The highest BCUT2D eigenvalue weighted by molar-refractivity contribution is 6.76. The molecule has 0 aromatic carbocycles. The van der Waals surface area contributed by atoms with Crippen molar-refractivity contribution in [1.29, 1.82) is 5.41 Å². The predicted octanol–water partition coefficient (Wildman–Crippen LogP) is -0.850. The second-order valence-electron chi connectivity index (χ2n) is 3.64. The van der Waals surface area contributed by atoms with Gasteiger partial charge in [0.05, 0.1) is 6.61 Å². The Morgan fingerprint density at radius 2 is 1.72 bits per heavy atom. The monoisotopic (exact) mass is 323 g/mol. The molecule has 1 fully saturated rings. The van der Waals surface area contributed by atoms with Gasteiger partial charge in [-0.25, -0.2) is 0 Å². The number of hydrogen-bond donors (Lipinski definition) is 5. The molecule has 0 aromatic rings. The summed E-state index contributed by atoms with van der Waals surface area (Å²) in [5.74, 6) is -0.822. The topological polar surface area (TPSA) is 123 Å². The van der Waals surface area contributed by atoms with E-state index in [2.05, 4.69) is 0 Å². The maximum atomic E-state index is 9.57. The van der Waals surface area contributed by atoms with E-state index < -0.39 is 47.0 Å². The van der Waals surface area contributed by atoms with Gasteiger partial charge in [-0.1, -0.05) is 34.8 Å². The fourth-order valence-corrected chi connectivity index (χ4v) is 1.48. The SMILES string of the molecule is N=C(OC1O[C@H](CO)[C@@H](O)[C@H](O)[C@@H]1O)C(Cl)(Cl)Cl. The molecule has 1 aliphatic rings. The highest BCUT2D eigenvalue weighted by Gasteiger charge is 2.46. The first-order valence-corrected chi connectivity index (χ1v) is 5.94. The minimum Gasteiger partial charge on any atom is -0.445 e. The summed E-state index contributed by atoms with van der Waals surface area (Å²) in [5, 5.41) is 44.7. The van der Waals surface area contributed by atoms with E-state index in [0.717, 1.165) is 0 Å². The van der Waals surface area contributed by atoms with Gasteiger partial charge in [0, 0.05) is 0 Å². The van der Waals surface area contributed by atoms with Gasteiger partial charge in [-0.3, -0.25) is 5.41 Å². The summed E-state index contributed by atoms with van der Waals surface area (Å²) in [6, 6.07) is 0. The molecule has 106 valence electrons. The van der Waals surface area contributed by atoms with Crippen molar-refractivity contribution >= 4 is 40.7 Å². The molecule has 18 heavy (non-hydrogen) atoms. The summed E-state index contributed by atoms with van der Waals surface area (Å²) in [7, 11) is 0. The molecule has 1 saturated heterocycles. The van der Waals surface area contributed by atoms with Crippen LogP contribution in [0.5, 0.6) is 0 Å². The number of rotatable bonds is 2. The third-order valence-corrected chi connectivity index (χ3v) is 2.85. The summed E-state index contributed by atoms with van der Waals surface area (Å²) in [5.41, 5.74) is 0. The lowest BCUT2D eigenvalue weighted by atomic mass is 9.99. The van der Waals surface area contributed by atoms with Crippen LogP contribution in [0.15, 0.2) is 0 Å². The number of aliphatic hydroxyl groups excluding tert-OH is 4. The number of hydrogen-bond acceptors (Lipinski definition) is 7. The standard InChI is InChI=1S/C8H12Cl3NO6/c9-8(10,11)7(12)18-6-5(16)4(15)3(14)2(1-13)17-6/h2-6,12-16H,1H2/t2-,3-,4+,5+,6?/m1/s1. The number of ether oxygens (including phenoxy) is 2. The molecule has 0 radical (unpaired) electrons. The molecule has 7 nitrogen and oxygen atoms in total. The zero-order valence-corrected chi connectivity index (χ0v) is 11.1. The van der Waals surface area contributed by atoms with E-state index in [1.54, 1.807) is 0 Å². The molecule has 5 N–H and O–H groups in total. The van der Waals surface area contributed by atoms with Crippen LogP contribution in [-0.2, 0) is 9.47 Å². The Hall–Kier alpha value is 0.140. The molecule has 0 saturated carbocycles. The smallest absolute Gasteiger partial charge is 0.265 e. The zero-order valence-electron chi connectivity index (χ0n) is 8.83. The van der Waals surface area contributed by atoms with Crippen molar-refractivity contribution in [2.24, 2.45) is 0 Å². The van der Waals surface area contributed by atoms with Gasteiger partial charge in [0.25, 0.3) is 3.79 Å². The molecule has 1 heterocycles. The van der Waals surface area contributed by atoms with E-state index in [-0.39, 0.29) is 0 Å². The van der Waals surface area contributed by atoms with Crippen LogP contribution >= 0.6 is 34.8 Å². The van der Waals surface area contributed by atoms with Gasteiger partial charge in [-0.2, -0.15) is 0 Å². The summed E-state index contributed by atoms with van der Waals surface area (Å²) >= 11 is 16.1. The van der Waals surface area contributed by atoms with E-state index in [1.165, 1.54) is 0 Å². The van der Waals surface area contributed by atoms with Crippen LogP contribution in [0.25, 0.3) is 0 Å². The molecule has 0 spiro atoms. The summed E-state index contributed by atoms with van der Waals surface area (Å²) < 4.78 is 7.55. The van der Waals surface area contributed by atoms with Crippen molar-refractivity contribution in [3.63, 3.8) is 0 Å². The zero-order chi connectivity index (χ0) is 14.1. The first-order valence-electron chi connectivity index (χ1n) is 4.81. The minimum absolute atomic E-state index is 0.619. The average molecular weight is 325 g/mol. The van der Waals surface area contributed by atoms with Crippen LogP contribution in [0.1, 0.15) is 0 Å². The van der Waals surface area contributed by atoms with Crippen molar-refractivity contribution < 1.29 is 29.9 Å². The Balaban J connectivity index is 2.74. The van der Waals surface area contributed by atoms with Crippen LogP contribution < -0.4 is 0 Å². The van der Waals surface area contributed by atoms with Crippen LogP contribution in [0.3, 0.4) is 0 Å². The van der Waals surface area contributed by atoms with Crippen molar-refractivity contribution in [2.45, 2.75) is 34.5 Å². The molecule has 1 unspecified atom stereocenters. The summed E-state index contributed by atoms with van der Waals surface area (Å²) in [6.07, 6.45) is -7.49. The van der Waals surface area contributed by atoms with Gasteiger partial charge < -0.3 is 29.9 Å². The Labute approximate surface area is 117 Å². The van der Waals surface area contributed by atoms with Crippen LogP contribution in [0.2, 0.25) is 0 Å². The third-order valence-electron chi connectivity index (χ3n) is 2.34. The van der Waals surface area contributed by atoms with E-state index in [0.29, 0.717) is 0 Å². The van der Waals surface area contributed by atoms with Gasteiger partial charge in [0.15, 0.2) is 0 Å². The lowest BCUT2D eigenvalue weighted by molar-refractivity contribution is -0.281. The van der Waals surface area contributed by atoms with E-state index in [1.807, 2.05) is 0 Å². The molecule has 1 aliphatic heterocycles. The number of alkyl halides is 3. The highest BCUT2D eigenvalue weighted by Crippen LogP contribution is 2.30. The van der Waals surface area contributed by atoms with E-state index >= 15 is 0 Å². The highest BCUT2D eigenvalue weighted by atomic mass is 35.6. The lowest BCUT2D eigenvalue weighted by Crippen LogP contribution is -2.59. The molecule has 1 rings (SSSR count). The molecule has 0 bridgehead atoms. The molecule has 0 amide bonds. The van der Waals surface area contributed by atoms with Crippen molar-refractivity contribution in [3.05, 3.63) is 0 Å². The number of aliphatic hydroxyl groups is 4. The summed E-state index contributed by atoms with van der Waals surface area (Å²) in [6.45, 7) is -0.619. The molecular formula is C8H12Cl3NO6. The van der Waals surface area contributed by atoms with Gasteiger partial charge in [0.2, 0.25) is 12.2 Å². The quantitative estimate of drug-likeness (QED) is 0.256. The lowest BCUT2D eigenvalue weighted by Gasteiger charge is -2.39. The Morgan fingerprint density at radius 1 is 1.17 bits per heavy atom. The van der Waals surface area contributed by atoms with Crippen molar-refractivity contribution in [1.82, 2.24) is 0 Å². The molecule has 5 atom stereocenters. The Morgan fingerprint density at radius 3 is 2.17 bits per heavy atom. The molecule has 0 aromatic heterocycles. The second-order valence-corrected chi connectivity index (χ2v) is 5.92. The van der Waals surface area contributed by atoms with Crippen molar-refractivity contribution in [3.8, 4) is 0 Å².